The second kappa shape index (κ2) is 27.7. The van der Waals surface area contributed by atoms with E-state index in [2.05, 4.69) is 19.7 Å². The van der Waals surface area contributed by atoms with Crippen LogP contribution in [0.1, 0.15) is 72.6 Å². The summed E-state index contributed by atoms with van der Waals surface area (Å²) in [6.45, 7) is 20.2. The predicted molar refractivity (Wildman–Crippen MR) is 168 cm³/mol. The highest BCUT2D eigenvalue weighted by Gasteiger charge is 2.55. The Bertz CT molecular complexity index is 728. The van der Waals surface area contributed by atoms with Crippen molar-refractivity contribution in [3.8, 4) is 0 Å². The third-order valence-corrected chi connectivity index (χ3v) is 6.26. The van der Waals surface area contributed by atoms with E-state index in [1.807, 2.05) is 27.7 Å². The number of hydrogen-bond acceptors (Lipinski definition) is 12. The standard InChI is InChI=1S/C33H56O12/c1-8-18-40-30(43-24-15-21-37-27(34)11-4)33(14-7,31(41-19-9-2)44-25-16-22-38-28(35)12-5)32(42-20-10-3)45-26-17-23-39-29(36)13-6/h11-13,30-32H,4-6,8-10,14-26H2,1-3,7H3. The quantitative estimate of drug-likeness (QED) is 0.0329. The molecule has 0 N–H and O–H groups in total. The maximum Gasteiger partial charge on any atom is 0.330 e. The number of ether oxygens (including phenoxy) is 9. The molecule has 0 aromatic rings. The van der Waals surface area contributed by atoms with E-state index in [-0.39, 0.29) is 39.6 Å². The Morgan fingerprint density at radius 1 is 0.489 bits per heavy atom. The fourth-order valence-corrected chi connectivity index (χ4v) is 4.03. The van der Waals surface area contributed by atoms with Crippen molar-refractivity contribution in [3.63, 3.8) is 0 Å². The minimum atomic E-state index is -1.15. The molecule has 0 aromatic carbocycles. The Labute approximate surface area is 269 Å². The summed E-state index contributed by atoms with van der Waals surface area (Å²) in [6.07, 6.45) is 4.29. The SMILES string of the molecule is C=CC(=O)OCCCOC(OCCC)C(CC)(C(OCCC)OCCCOC(=O)C=C)C(OCCC)OCCCOC(=O)C=C. The van der Waals surface area contributed by atoms with Crippen LogP contribution in [0.15, 0.2) is 38.0 Å². The summed E-state index contributed by atoms with van der Waals surface area (Å²) < 4.78 is 53.4. The maximum absolute atomic E-state index is 11.5. The first-order valence-corrected chi connectivity index (χ1v) is 15.9. The highest BCUT2D eigenvalue weighted by molar-refractivity contribution is 5.81. The van der Waals surface area contributed by atoms with Crippen LogP contribution in [0.3, 0.4) is 0 Å². The molecule has 0 aliphatic heterocycles. The first-order valence-electron chi connectivity index (χ1n) is 15.9. The topological polar surface area (TPSA) is 134 Å². The second-order valence-electron chi connectivity index (χ2n) is 9.86. The molecular weight excluding hydrogens is 588 g/mol. The molecule has 12 nitrogen and oxygen atoms in total. The van der Waals surface area contributed by atoms with Crippen LogP contribution in [0.25, 0.3) is 0 Å². The van der Waals surface area contributed by atoms with Crippen molar-refractivity contribution in [1.29, 1.82) is 0 Å². The number of carbonyl (C=O) groups excluding carboxylic acids is 3. The zero-order valence-electron chi connectivity index (χ0n) is 27.8. The highest BCUT2D eigenvalue weighted by Crippen LogP contribution is 2.42. The molecule has 3 atom stereocenters. The van der Waals surface area contributed by atoms with Crippen LogP contribution in [0.5, 0.6) is 0 Å². The summed E-state index contributed by atoms with van der Waals surface area (Å²) >= 11 is 0. The van der Waals surface area contributed by atoms with Gasteiger partial charge in [-0.2, -0.15) is 0 Å². The van der Waals surface area contributed by atoms with Crippen molar-refractivity contribution < 1.29 is 57.0 Å². The van der Waals surface area contributed by atoms with Crippen LogP contribution in [0, 0.1) is 5.41 Å². The molecular formula is C33H56O12. The summed E-state index contributed by atoms with van der Waals surface area (Å²) in [5.74, 6) is -1.55. The lowest BCUT2D eigenvalue weighted by Gasteiger charge is -2.48. The summed E-state index contributed by atoms with van der Waals surface area (Å²) in [4.78, 5) is 34.5. The van der Waals surface area contributed by atoms with Gasteiger partial charge in [-0.25, -0.2) is 14.4 Å². The van der Waals surface area contributed by atoms with E-state index < -0.39 is 42.2 Å². The molecule has 45 heavy (non-hydrogen) atoms. The number of carbonyl (C=O) groups is 3. The van der Waals surface area contributed by atoms with E-state index in [1.165, 1.54) is 0 Å². The average molecular weight is 645 g/mol. The van der Waals surface area contributed by atoms with E-state index in [1.54, 1.807) is 0 Å². The molecule has 0 saturated carbocycles. The minimum Gasteiger partial charge on any atom is -0.462 e. The van der Waals surface area contributed by atoms with Gasteiger partial charge in [0.1, 0.15) is 5.41 Å². The third kappa shape index (κ3) is 17.6. The first-order chi connectivity index (χ1) is 21.8. The Morgan fingerprint density at radius 3 is 0.978 bits per heavy atom. The van der Waals surface area contributed by atoms with Crippen molar-refractivity contribution in [1.82, 2.24) is 0 Å². The smallest absolute Gasteiger partial charge is 0.330 e. The minimum absolute atomic E-state index is 0.135. The van der Waals surface area contributed by atoms with Crippen LogP contribution in [-0.2, 0) is 57.0 Å². The Morgan fingerprint density at radius 2 is 0.756 bits per heavy atom. The molecule has 0 saturated heterocycles. The van der Waals surface area contributed by atoms with E-state index in [0.717, 1.165) is 18.2 Å². The Hall–Kier alpha value is -2.61. The van der Waals surface area contributed by atoms with Gasteiger partial charge in [-0.05, 0) is 25.7 Å². The number of hydrogen-bond donors (Lipinski definition) is 0. The van der Waals surface area contributed by atoms with Crippen LogP contribution in [-0.4, -0.2) is 96.2 Å². The molecule has 0 bridgehead atoms. The van der Waals surface area contributed by atoms with Crippen molar-refractivity contribution in [3.05, 3.63) is 38.0 Å². The van der Waals surface area contributed by atoms with Crippen molar-refractivity contribution in [2.45, 2.75) is 91.5 Å². The molecule has 0 rings (SSSR count). The molecule has 12 heteroatoms. The Kier molecular flexibility index (Phi) is 26.1. The zero-order valence-corrected chi connectivity index (χ0v) is 27.8. The largest absolute Gasteiger partial charge is 0.462 e. The van der Waals surface area contributed by atoms with Crippen LogP contribution >= 0.6 is 0 Å². The molecule has 0 amide bonds. The van der Waals surface area contributed by atoms with Crippen molar-refractivity contribution in [2.75, 3.05) is 59.5 Å². The average Bonchev–Trinajstić information content (AvgIpc) is 3.06. The van der Waals surface area contributed by atoms with Crippen LogP contribution < -0.4 is 0 Å². The monoisotopic (exact) mass is 644 g/mol. The zero-order chi connectivity index (χ0) is 33.8. The molecule has 0 aliphatic rings. The molecule has 0 spiro atoms. The summed E-state index contributed by atoms with van der Waals surface area (Å²) in [5, 5.41) is 0. The van der Waals surface area contributed by atoms with Gasteiger partial charge in [0.2, 0.25) is 0 Å². The molecule has 0 heterocycles. The number of rotatable bonds is 31. The van der Waals surface area contributed by atoms with Gasteiger partial charge in [-0.15, -0.1) is 0 Å². The first kappa shape index (κ1) is 42.4. The fraction of sp³-hybridized carbons (Fsp3) is 0.727. The molecule has 0 aliphatic carbocycles. The van der Waals surface area contributed by atoms with Crippen LogP contribution in [0.4, 0.5) is 0 Å². The van der Waals surface area contributed by atoms with E-state index in [9.17, 15) is 14.4 Å². The third-order valence-electron chi connectivity index (χ3n) is 6.26. The second-order valence-corrected chi connectivity index (χ2v) is 9.86. The summed E-state index contributed by atoms with van der Waals surface area (Å²) in [6, 6.07) is 0. The van der Waals surface area contributed by atoms with Gasteiger partial charge in [0.05, 0.1) is 39.6 Å². The lowest BCUT2D eigenvalue weighted by Crippen LogP contribution is -2.59. The highest BCUT2D eigenvalue weighted by atomic mass is 16.7. The van der Waals surface area contributed by atoms with Gasteiger partial charge < -0.3 is 42.6 Å². The van der Waals surface area contributed by atoms with E-state index in [4.69, 9.17) is 42.6 Å². The molecule has 260 valence electrons. The molecule has 0 fully saturated rings. The van der Waals surface area contributed by atoms with E-state index in [0.29, 0.717) is 64.8 Å². The van der Waals surface area contributed by atoms with Gasteiger partial charge in [0.25, 0.3) is 0 Å². The van der Waals surface area contributed by atoms with Gasteiger partial charge >= 0.3 is 17.9 Å². The van der Waals surface area contributed by atoms with Crippen molar-refractivity contribution in [2.24, 2.45) is 5.41 Å². The maximum atomic E-state index is 11.5. The van der Waals surface area contributed by atoms with Gasteiger partial charge in [-0.1, -0.05) is 47.4 Å². The van der Waals surface area contributed by atoms with Gasteiger partial charge in [0.15, 0.2) is 18.9 Å². The lowest BCUT2D eigenvalue weighted by molar-refractivity contribution is -0.364. The summed E-state index contributed by atoms with van der Waals surface area (Å²) in [7, 11) is 0. The van der Waals surface area contributed by atoms with Gasteiger partial charge in [-0.3, -0.25) is 0 Å². The Balaban J connectivity index is 6.40. The van der Waals surface area contributed by atoms with Crippen LogP contribution in [0.2, 0.25) is 0 Å². The number of esters is 3. The fourth-order valence-electron chi connectivity index (χ4n) is 4.03. The lowest BCUT2D eigenvalue weighted by atomic mass is 9.81. The van der Waals surface area contributed by atoms with Crippen molar-refractivity contribution >= 4 is 17.9 Å². The molecule has 0 radical (unpaired) electrons. The normalized spacial score (nSPS) is 14.4. The molecule has 0 aromatic heterocycles. The molecule has 3 unspecified atom stereocenters. The van der Waals surface area contributed by atoms with E-state index >= 15 is 0 Å². The van der Waals surface area contributed by atoms with Gasteiger partial charge in [0, 0.05) is 57.3 Å². The summed E-state index contributed by atoms with van der Waals surface area (Å²) in [5.41, 5.74) is -1.15. The predicted octanol–water partition coefficient (Wildman–Crippen LogP) is 5.05.